The van der Waals surface area contributed by atoms with Gasteiger partial charge in [-0.05, 0) is 25.5 Å². The molecule has 0 aliphatic carbocycles. The van der Waals surface area contributed by atoms with Gasteiger partial charge in [-0.3, -0.25) is 0 Å². The number of pyridine rings is 1. The second-order valence-corrected chi connectivity index (χ2v) is 4.08. The van der Waals surface area contributed by atoms with Gasteiger partial charge in [-0.15, -0.1) is 0 Å². The highest BCUT2D eigenvalue weighted by atomic mass is 19.1. The molecule has 0 radical (unpaired) electrons. The number of para-hydroxylation sites is 1. The molecule has 0 aliphatic rings. The van der Waals surface area contributed by atoms with E-state index < -0.39 is 0 Å². The van der Waals surface area contributed by atoms with Gasteiger partial charge in [-0.1, -0.05) is 25.5 Å². The van der Waals surface area contributed by atoms with E-state index in [1.165, 1.54) is 6.07 Å². The molecule has 90 valence electrons. The number of benzene rings is 1. The van der Waals surface area contributed by atoms with Crippen molar-refractivity contribution in [3.63, 3.8) is 0 Å². The molecule has 1 N–H and O–H groups in total. The van der Waals surface area contributed by atoms with Crippen molar-refractivity contribution in [2.45, 2.75) is 26.7 Å². The van der Waals surface area contributed by atoms with Gasteiger partial charge in [0, 0.05) is 23.3 Å². The molecule has 3 heteroatoms. The summed E-state index contributed by atoms with van der Waals surface area (Å²) < 4.78 is 13.7. The number of halogens is 1. The maximum absolute atomic E-state index is 13.7. The van der Waals surface area contributed by atoms with Crippen LogP contribution in [0.2, 0.25) is 0 Å². The predicted molar refractivity (Wildman–Crippen MR) is 69.9 cm³/mol. The Bertz CT molecular complexity index is 523. The maximum Gasteiger partial charge on any atom is 0.149 e. The van der Waals surface area contributed by atoms with Crippen molar-refractivity contribution in [2.24, 2.45) is 0 Å². The monoisotopic (exact) mass is 232 g/mol. The molecule has 0 amide bonds. The first-order valence-corrected chi connectivity index (χ1v) is 6.08. The third-order valence-corrected chi connectivity index (χ3v) is 2.72. The molecule has 2 nitrogen and oxygen atoms in total. The summed E-state index contributed by atoms with van der Waals surface area (Å²) in [5.74, 6) is -0.250. The molecule has 17 heavy (non-hydrogen) atoms. The summed E-state index contributed by atoms with van der Waals surface area (Å²) in [7, 11) is 0. The fourth-order valence-electron chi connectivity index (χ4n) is 1.99. The number of nitrogens with zero attached hydrogens (tertiary/aromatic N) is 1. The number of nitrogens with one attached hydrogen (secondary N) is 1. The molecule has 0 atom stereocenters. The summed E-state index contributed by atoms with van der Waals surface area (Å²) in [6, 6.07) is 7.11. The first kappa shape index (κ1) is 11.8. The number of aromatic nitrogens is 1. The van der Waals surface area contributed by atoms with Crippen LogP contribution in [-0.4, -0.2) is 11.5 Å². The lowest BCUT2D eigenvalue weighted by atomic mass is 10.1. The molecule has 0 fully saturated rings. The molecule has 2 rings (SSSR count). The molecular formula is C14H17FN2. The second kappa shape index (κ2) is 5.13. The second-order valence-electron chi connectivity index (χ2n) is 4.08. The molecule has 1 heterocycles. The summed E-state index contributed by atoms with van der Waals surface area (Å²) in [5.41, 5.74) is 2.39. The molecule has 1 aromatic carbocycles. The van der Waals surface area contributed by atoms with Crippen LogP contribution in [0.5, 0.6) is 0 Å². The zero-order chi connectivity index (χ0) is 12.3. The number of aryl methyl sites for hydroxylation is 1. The smallest absolute Gasteiger partial charge is 0.149 e. The van der Waals surface area contributed by atoms with Crippen LogP contribution in [0.3, 0.4) is 0 Å². The molecule has 0 saturated carbocycles. The molecule has 0 unspecified atom stereocenters. The van der Waals surface area contributed by atoms with Gasteiger partial charge in [-0.2, -0.15) is 0 Å². The number of rotatable bonds is 4. The minimum absolute atomic E-state index is 0.250. The lowest BCUT2D eigenvalue weighted by molar-refractivity contribution is 0.636. The molecular weight excluding hydrogens is 215 g/mol. The Balaban J connectivity index is 2.63. The fourth-order valence-corrected chi connectivity index (χ4v) is 1.99. The Kier molecular flexibility index (Phi) is 3.57. The lowest BCUT2D eigenvalue weighted by Crippen LogP contribution is -2.01. The Hall–Kier alpha value is -1.64. The average Bonchev–Trinajstić information content (AvgIpc) is 2.31. The van der Waals surface area contributed by atoms with Gasteiger partial charge in [0.1, 0.15) is 11.3 Å². The zero-order valence-electron chi connectivity index (χ0n) is 10.3. The van der Waals surface area contributed by atoms with Crippen LogP contribution < -0.4 is 5.32 Å². The largest absolute Gasteiger partial charge is 0.385 e. The van der Waals surface area contributed by atoms with E-state index in [4.69, 9.17) is 0 Å². The van der Waals surface area contributed by atoms with Crippen LogP contribution in [0.4, 0.5) is 10.1 Å². The average molecular weight is 232 g/mol. The first-order chi connectivity index (χ1) is 8.26. The van der Waals surface area contributed by atoms with Crippen LogP contribution in [-0.2, 0) is 6.42 Å². The summed E-state index contributed by atoms with van der Waals surface area (Å²) in [4.78, 5) is 4.39. The molecule has 0 spiro atoms. The van der Waals surface area contributed by atoms with E-state index in [0.29, 0.717) is 5.52 Å². The van der Waals surface area contributed by atoms with Gasteiger partial charge in [0.15, 0.2) is 0 Å². The van der Waals surface area contributed by atoms with Crippen molar-refractivity contribution in [1.29, 1.82) is 0 Å². The van der Waals surface area contributed by atoms with Crippen molar-refractivity contribution in [2.75, 3.05) is 11.9 Å². The van der Waals surface area contributed by atoms with Crippen LogP contribution >= 0.6 is 0 Å². The summed E-state index contributed by atoms with van der Waals surface area (Å²) in [6.45, 7) is 4.95. The van der Waals surface area contributed by atoms with Crippen molar-refractivity contribution in [1.82, 2.24) is 4.98 Å². The Morgan fingerprint density at radius 1 is 1.29 bits per heavy atom. The van der Waals surface area contributed by atoms with E-state index in [2.05, 4.69) is 17.2 Å². The number of anilines is 1. The quantitative estimate of drug-likeness (QED) is 0.868. The topological polar surface area (TPSA) is 24.9 Å². The third-order valence-electron chi connectivity index (χ3n) is 2.72. The van der Waals surface area contributed by atoms with Crippen LogP contribution in [0.25, 0.3) is 10.9 Å². The molecule has 1 aromatic heterocycles. The SMILES string of the molecule is CCCc1cc(NCC)c2cccc(F)c2n1. The van der Waals surface area contributed by atoms with Gasteiger partial charge in [0.05, 0.1) is 0 Å². The van der Waals surface area contributed by atoms with E-state index in [0.717, 1.165) is 36.2 Å². The van der Waals surface area contributed by atoms with Crippen LogP contribution in [0.1, 0.15) is 26.0 Å². The van der Waals surface area contributed by atoms with Crippen molar-refractivity contribution in [3.05, 3.63) is 35.8 Å². The highest BCUT2D eigenvalue weighted by molar-refractivity contribution is 5.91. The van der Waals surface area contributed by atoms with E-state index in [1.54, 1.807) is 6.07 Å². The highest BCUT2D eigenvalue weighted by Crippen LogP contribution is 2.25. The Labute approximate surface area is 101 Å². The number of hydrogen-bond donors (Lipinski definition) is 1. The van der Waals surface area contributed by atoms with Gasteiger partial charge < -0.3 is 5.32 Å². The normalized spacial score (nSPS) is 10.8. The van der Waals surface area contributed by atoms with E-state index in [1.807, 2.05) is 19.1 Å². The van der Waals surface area contributed by atoms with Gasteiger partial charge in [-0.25, -0.2) is 9.37 Å². The van der Waals surface area contributed by atoms with Crippen molar-refractivity contribution >= 4 is 16.6 Å². The first-order valence-electron chi connectivity index (χ1n) is 6.08. The van der Waals surface area contributed by atoms with Gasteiger partial charge >= 0.3 is 0 Å². The third kappa shape index (κ3) is 2.38. The lowest BCUT2D eigenvalue weighted by Gasteiger charge is -2.10. The van der Waals surface area contributed by atoms with Gasteiger partial charge in [0.25, 0.3) is 0 Å². The minimum atomic E-state index is -0.250. The Morgan fingerprint density at radius 3 is 2.82 bits per heavy atom. The van der Waals surface area contributed by atoms with Crippen molar-refractivity contribution in [3.8, 4) is 0 Å². The van der Waals surface area contributed by atoms with Gasteiger partial charge in [0.2, 0.25) is 0 Å². The van der Waals surface area contributed by atoms with Crippen LogP contribution in [0.15, 0.2) is 24.3 Å². The molecule has 0 saturated heterocycles. The zero-order valence-corrected chi connectivity index (χ0v) is 10.3. The fraction of sp³-hybridized carbons (Fsp3) is 0.357. The number of hydrogen-bond acceptors (Lipinski definition) is 2. The van der Waals surface area contributed by atoms with E-state index in [9.17, 15) is 4.39 Å². The summed E-state index contributed by atoms with van der Waals surface area (Å²) >= 11 is 0. The molecule has 0 bridgehead atoms. The van der Waals surface area contributed by atoms with E-state index in [-0.39, 0.29) is 5.82 Å². The Morgan fingerprint density at radius 2 is 2.12 bits per heavy atom. The molecule has 2 aromatic rings. The summed E-state index contributed by atoms with van der Waals surface area (Å²) in [5, 5.41) is 4.12. The number of fused-ring (bicyclic) bond motifs is 1. The standard InChI is InChI=1S/C14H17FN2/c1-3-6-10-9-13(16-4-2)11-7-5-8-12(15)14(11)17-10/h5,7-9H,3-4,6H2,1-2H3,(H,16,17). The minimum Gasteiger partial charge on any atom is -0.385 e. The highest BCUT2D eigenvalue weighted by Gasteiger charge is 2.08. The predicted octanol–water partition coefficient (Wildman–Crippen LogP) is 3.76. The maximum atomic E-state index is 13.7. The summed E-state index contributed by atoms with van der Waals surface area (Å²) in [6.07, 6.45) is 1.89. The van der Waals surface area contributed by atoms with Crippen molar-refractivity contribution < 1.29 is 4.39 Å². The van der Waals surface area contributed by atoms with E-state index >= 15 is 0 Å². The molecule has 0 aliphatic heterocycles. The van der Waals surface area contributed by atoms with Crippen LogP contribution in [0, 0.1) is 5.82 Å².